The van der Waals surface area contributed by atoms with Crippen molar-refractivity contribution in [3.8, 4) is 0 Å². The van der Waals surface area contributed by atoms with Gasteiger partial charge in [0.15, 0.2) is 0 Å². The van der Waals surface area contributed by atoms with Gasteiger partial charge in [-0.25, -0.2) is 4.79 Å². The molecule has 21 heavy (non-hydrogen) atoms. The van der Waals surface area contributed by atoms with Crippen LogP contribution in [0.3, 0.4) is 0 Å². The molecule has 0 radical (unpaired) electrons. The zero-order chi connectivity index (χ0) is 14.8. The van der Waals surface area contributed by atoms with Gasteiger partial charge in [0.2, 0.25) is 0 Å². The number of carboxylic acids is 1. The first-order valence-electron chi connectivity index (χ1n) is 6.56. The Bertz CT molecular complexity index is 701. The van der Waals surface area contributed by atoms with Crippen LogP contribution in [0.1, 0.15) is 32.0 Å². The highest BCUT2D eigenvalue weighted by molar-refractivity contribution is 5.95. The molecule has 3 rings (SSSR count). The molecular weight excluding hydrogens is 270 g/mol. The summed E-state index contributed by atoms with van der Waals surface area (Å²) in [5.74, 6) is -1.12. The minimum atomic E-state index is -0.994. The fourth-order valence-corrected chi connectivity index (χ4v) is 2.49. The molecule has 2 aromatic rings. The Morgan fingerprint density at radius 2 is 1.90 bits per heavy atom. The molecule has 0 bridgehead atoms. The Hall–Kier alpha value is -2.76. The SMILES string of the molecule is O=C(O)c1ccnc2c1CN(C(=O)c1ccncc1)CC2. The Morgan fingerprint density at radius 3 is 2.62 bits per heavy atom. The van der Waals surface area contributed by atoms with Crippen molar-refractivity contribution in [2.45, 2.75) is 13.0 Å². The summed E-state index contributed by atoms with van der Waals surface area (Å²) in [6.45, 7) is 0.802. The smallest absolute Gasteiger partial charge is 0.336 e. The van der Waals surface area contributed by atoms with Crippen LogP contribution in [0, 0.1) is 0 Å². The van der Waals surface area contributed by atoms with Crippen LogP contribution in [0.5, 0.6) is 0 Å². The van der Waals surface area contributed by atoms with Gasteiger partial charge in [-0.3, -0.25) is 14.8 Å². The first-order chi connectivity index (χ1) is 10.2. The summed E-state index contributed by atoms with van der Waals surface area (Å²) in [5, 5.41) is 9.24. The molecule has 2 aromatic heterocycles. The standard InChI is InChI=1S/C15H13N3O3/c19-14(10-1-5-16-6-2-10)18-8-4-13-12(9-18)11(15(20)21)3-7-17-13/h1-3,5-7H,4,8-9H2,(H,20,21). The van der Waals surface area contributed by atoms with E-state index in [0.29, 0.717) is 24.1 Å². The second kappa shape index (κ2) is 5.32. The van der Waals surface area contributed by atoms with Crippen molar-refractivity contribution in [1.29, 1.82) is 0 Å². The maximum atomic E-state index is 12.4. The van der Waals surface area contributed by atoms with E-state index in [-0.39, 0.29) is 18.0 Å². The number of hydrogen-bond donors (Lipinski definition) is 1. The molecule has 0 aromatic carbocycles. The third-order valence-corrected chi connectivity index (χ3v) is 3.56. The van der Waals surface area contributed by atoms with Gasteiger partial charge >= 0.3 is 5.97 Å². The number of carbonyl (C=O) groups is 2. The predicted octanol–water partition coefficient (Wildman–Crippen LogP) is 1.37. The van der Waals surface area contributed by atoms with Crippen LogP contribution in [0.25, 0.3) is 0 Å². The molecular formula is C15H13N3O3. The van der Waals surface area contributed by atoms with Gasteiger partial charge < -0.3 is 10.0 Å². The molecule has 0 atom stereocenters. The number of carboxylic acid groups (broad SMARTS) is 1. The molecule has 106 valence electrons. The zero-order valence-electron chi connectivity index (χ0n) is 11.2. The van der Waals surface area contributed by atoms with Crippen molar-refractivity contribution in [1.82, 2.24) is 14.9 Å². The maximum Gasteiger partial charge on any atom is 0.336 e. The summed E-state index contributed by atoms with van der Waals surface area (Å²) in [6.07, 6.45) is 5.20. The predicted molar refractivity (Wildman–Crippen MR) is 73.9 cm³/mol. The minimum Gasteiger partial charge on any atom is -0.478 e. The van der Waals surface area contributed by atoms with Crippen LogP contribution >= 0.6 is 0 Å². The third-order valence-electron chi connectivity index (χ3n) is 3.56. The summed E-state index contributed by atoms with van der Waals surface area (Å²) in [4.78, 5) is 33.5. The number of pyridine rings is 2. The molecule has 6 nitrogen and oxygen atoms in total. The second-order valence-electron chi connectivity index (χ2n) is 4.80. The lowest BCUT2D eigenvalue weighted by Crippen LogP contribution is -2.37. The number of fused-ring (bicyclic) bond motifs is 1. The number of rotatable bonds is 2. The van der Waals surface area contributed by atoms with Gasteiger partial charge in [-0.1, -0.05) is 0 Å². The van der Waals surface area contributed by atoms with Crippen LogP contribution in [-0.4, -0.2) is 38.4 Å². The summed E-state index contributed by atoms with van der Waals surface area (Å²) < 4.78 is 0. The topological polar surface area (TPSA) is 83.4 Å². The summed E-state index contributed by atoms with van der Waals surface area (Å²) in [7, 11) is 0. The van der Waals surface area contributed by atoms with Crippen molar-refractivity contribution >= 4 is 11.9 Å². The van der Waals surface area contributed by atoms with Crippen molar-refractivity contribution in [3.63, 3.8) is 0 Å². The molecule has 0 saturated heterocycles. The largest absolute Gasteiger partial charge is 0.478 e. The van der Waals surface area contributed by atoms with Crippen molar-refractivity contribution in [2.24, 2.45) is 0 Å². The van der Waals surface area contributed by atoms with Crippen molar-refractivity contribution < 1.29 is 14.7 Å². The lowest BCUT2D eigenvalue weighted by molar-refractivity contribution is 0.0676. The number of carbonyl (C=O) groups excluding carboxylic acids is 1. The Kier molecular flexibility index (Phi) is 3.35. The Labute approximate surface area is 121 Å². The van der Waals surface area contributed by atoms with Crippen LogP contribution in [0.4, 0.5) is 0 Å². The number of amides is 1. The number of hydrogen-bond acceptors (Lipinski definition) is 4. The molecule has 0 spiro atoms. The van der Waals surface area contributed by atoms with Crippen LogP contribution in [0.15, 0.2) is 36.8 Å². The lowest BCUT2D eigenvalue weighted by Gasteiger charge is -2.29. The molecule has 3 heterocycles. The van der Waals surface area contributed by atoms with Crippen LogP contribution < -0.4 is 0 Å². The maximum absolute atomic E-state index is 12.4. The van der Waals surface area contributed by atoms with Gasteiger partial charge in [-0.05, 0) is 18.2 Å². The van der Waals surface area contributed by atoms with E-state index in [1.165, 1.54) is 12.3 Å². The number of aromatic nitrogens is 2. The molecule has 0 fully saturated rings. The Balaban J connectivity index is 1.91. The lowest BCUT2D eigenvalue weighted by atomic mass is 9.99. The summed E-state index contributed by atoms with van der Waals surface area (Å²) >= 11 is 0. The quantitative estimate of drug-likeness (QED) is 0.900. The van der Waals surface area contributed by atoms with E-state index < -0.39 is 5.97 Å². The summed E-state index contributed by atoms with van der Waals surface area (Å²) in [6, 6.07) is 4.78. The average Bonchev–Trinajstić information content (AvgIpc) is 2.53. The van der Waals surface area contributed by atoms with E-state index in [0.717, 1.165) is 5.69 Å². The van der Waals surface area contributed by atoms with E-state index in [1.807, 2.05) is 0 Å². The third kappa shape index (κ3) is 2.47. The van der Waals surface area contributed by atoms with E-state index in [2.05, 4.69) is 9.97 Å². The fourth-order valence-electron chi connectivity index (χ4n) is 2.49. The molecule has 1 aliphatic heterocycles. The summed E-state index contributed by atoms with van der Waals surface area (Å²) in [5.41, 5.74) is 2.15. The number of aromatic carboxylic acids is 1. The van der Waals surface area contributed by atoms with Gasteiger partial charge in [0.1, 0.15) is 0 Å². The molecule has 6 heteroatoms. The molecule has 1 N–H and O–H groups in total. The van der Waals surface area contributed by atoms with E-state index in [1.54, 1.807) is 29.4 Å². The normalized spacial score (nSPS) is 13.6. The van der Waals surface area contributed by atoms with E-state index >= 15 is 0 Å². The van der Waals surface area contributed by atoms with Gasteiger partial charge in [0, 0.05) is 54.9 Å². The molecule has 1 aliphatic rings. The molecule has 0 saturated carbocycles. The Morgan fingerprint density at radius 1 is 1.14 bits per heavy atom. The zero-order valence-corrected chi connectivity index (χ0v) is 11.2. The van der Waals surface area contributed by atoms with Crippen LogP contribution in [-0.2, 0) is 13.0 Å². The van der Waals surface area contributed by atoms with Gasteiger partial charge in [-0.15, -0.1) is 0 Å². The van der Waals surface area contributed by atoms with Gasteiger partial charge in [-0.2, -0.15) is 0 Å². The minimum absolute atomic E-state index is 0.122. The number of nitrogens with zero attached hydrogens (tertiary/aromatic N) is 3. The average molecular weight is 283 g/mol. The molecule has 0 unspecified atom stereocenters. The van der Waals surface area contributed by atoms with E-state index in [9.17, 15) is 14.7 Å². The highest BCUT2D eigenvalue weighted by atomic mass is 16.4. The first-order valence-corrected chi connectivity index (χ1v) is 6.56. The highest BCUT2D eigenvalue weighted by Crippen LogP contribution is 2.22. The van der Waals surface area contributed by atoms with Gasteiger partial charge in [0.05, 0.1) is 5.56 Å². The monoisotopic (exact) mass is 283 g/mol. The van der Waals surface area contributed by atoms with Crippen molar-refractivity contribution in [3.05, 3.63) is 59.2 Å². The molecule has 0 aliphatic carbocycles. The van der Waals surface area contributed by atoms with Crippen LogP contribution in [0.2, 0.25) is 0 Å². The first kappa shape index (κ1) is 13.2. The van der Waals surface area contributed by atoms with Crippen molar-refractivity contribution in [2.75, 3.05) is 6.54 Å². The fraction of sp³-hybridized carbons (Fsp3) is 0.200. The molecule has 1 amide bonds. The van der Waals surface area contributed by atoms with E-state index in [4.69, 9.17) is 0 Å². The highest BCUT2D eigenvalue weighted by Gasteiger charge is 2.26. The second-order valence-corrected chi connectivity index (χ2v) is 4.80. The van der Waals surface area contributed by atoms with Gasteiger partial charge in [0.25, 0.3) is 5.91 Å².